The van der Waals surface area contributed by atoms with E-state index >= 15 is 0 Å². The smallest absolute Gasteiger partial charge is 0.0834 e. The fourth-order valence-corrected chi connectivity index (χ4v) is 3.35. The van der Waals surface area contributed by atoms with Gasteiger partial charge < -0.3 is 5.32 Å². The average molecular weight is 221 g/mol. The molecule has 2 aromatic rings. The van der Waals surface area contributed by atoms with E-state index in [0.29, 0.717) is 5.92 Å². The molecule has 1 fully saturated rings. The highest BCUT2D eigenvalue weighted by atomic mass is 32.1. The quantitative estimate of drug-likeness (QED) is 0.799. The maximum atomic E-state index is 4.67. The van der Waals surface area contributed by atoms with Crippen molar-refractivity contribution in [2.24, 2.45) is 7.05 Å². The Morgan fingerprint density at radius 3 is 3.07 bits per heavy atom. The van der Waals surface area contributed by atoms with Gasteiger partial charge in [-0.15, -0.1) is 11.3 Å². The number of thiophene rings is 1. The van der Waals surface area contributed by atoms with Crippen LogP contribution in [-0.2, 0) is 7.05 Å². The van der Waals surface area contributed by atoms with Crippen LogP contribution >= 0.6 is 11.3 Å². The van der Waals surface area contributed by atoms with Crippen molar-refractivity contribution in [3.05, 3.63) is 17.1 Å². The third kappa shape index (κ3) is 1.48. The summed E-state index contributed by atoms with van der Waals surface area (Å²) in [4.78, 5) is 0. The molecule has 0 bridgehead atoms. The van der Waals surface area contributed by atoms with Gasteiger partial charge >= 0.3 is 0 Å². The number of hydrogen-bond donors (Lipinski definition) is 1. The number of fused-ring (bicyclic) bond motifs is 1. The van der Waals surface area contributed by atoms with Gasteiger partial charge in [0.05, 0.1) is 15.9 Å². The molecule has 3 rings (SSSR count). The summed E-state index contributed by atoms with van der Waals surface area (Å²) in [5.41, 5.74) is 2.61. The first-order chi connectivity index (χ1) is 7.36. The minimum absolute atomic E-state index is 0.661. The standard InChI is InChI=1S/C11H15N3S/c1-14-9-4-7-15-11(9)10(13-14)8-2-5-12-6-3-8/h4,7-8,12H,2-3,5-6H2,1H3. The van der Waals surface area contributed by atoms with Gasteiger partial charge in [0.15, 0.2) is 0 Å². The molecule has 1 N–H and O–H groups in total. The lowest BCUT2D eigenvalue weighted by Crippen LogP contribution is -2.26. The fourth-order valence-electron chi connectivity index (χ4n) is 2.37. The normalized spacial score (nSPS) is 18.7. The molecular formula is C11H15N3S. The maximum absolute atomic E-state index is 4.67. The monoisotopic (exact) mass is 221 g/mol. The fraction of sp³-hybridized carbons (Fsp3) is 0.545. The second kappa shape index (κ2) is 3.61. The molecule has 0 amide bonds. The van der Waals surface area contributed by atoms with E-state index in [9.17, 15) is 0 Å². The highest BCUT2D eigenvalue weighted by molar-refractivity contribution is 7.17. The van der Waals surface area contributed by atoms with Crippen LogP contribution in [0.2, 0.25) is 0 Å². The van der Waals surface area contributed by atoms with Crippen LogP contribution in [0.1, 0.15) is 24.5 Å². The van der Waals surface area contributed by atoms with Crippen LogP contribution in [0.15, 0.2) is 11.4 Å². The molecule has 0 aliphatic carbocycles. The van der Waals surface area contributed by atoms with Gasteiger partial charge in [0.1, 0.15) is 0 Å². The van der Waals surface area contributed by atoms with E-state index in [-0.39, 0.29) is 0 Å². The van der Waals surface area contributed by atoms with Crippen LogP contribution in [0.25, 0.3) is 10.2 Å². The van der Waals surface area contributed by atoms with Gasteiger partial charge in [0, 0.05) is 13.0 Å². The molecule has 0 spiro atoms. The molecule has 0 saturated carbocycles. The molecule has 0 atom stereocenters. The first-order valence-corrected chi connectivity index (χ1v) is 6.35. The van der Waals surface area contributed by atoms with E-state index in [1.165, 1.54) is 28.8 Å². The van der Waals surface area contributed by atoms with Gasteiger partial charge in [-0.25, -0.2) is 0 Å². The Hall–Kier alpha value is -0.870. The summed E-state index contributed by atoms with van der Waals surface area (Å²) in [6.45, 7) is 2.27. The molecule has 15 heavy (non-hydrogen) atoms. The first-order valence-electron chi connectivity index (χ1n) is 5.47. The number of piperidine rings is 1. The third-order valence-corrected chi connectivity index (χ3v) is 4.14. The highest BCUT2D eigenvalue weighted by Gasteiger charge is 2.21. The van der Waals surface area contributed by atoms with Crippen LogP contribution in [0.5, 0.6) is 0 Å². The molecular weight excluding hydrogens is 206 g/mol. The highest BCUT2D eigenvalue weighted by Crippen LogP contribution is 2.33. The number of nitrogens with zero attached hydrogens (tertiary/aromatic N) is 2. The molecule has 1 aliphatic heterocycles. The summed E-state index contributed by atoms with van der Waals surface area (Å²) in [5.74, 6) is 0.661. The Morgan fingerprint density at radius 2 is 2.27 bits per heavy atom. The first kappa shape index (κ1) is 9.36. The topological polar surface area (TPSA) is 29.9 Å². The lowest BCUT2D eigenvalue weighted by Gasteiger charge is -2.20. The molecule has 3 nitrogen and oxygen atoms in total. The lowest BCUT2D eigenvalue weighted by molar-refractivity contribution is 0.452. The van der Waals surface area contributed by atoms with Crippen LogP contribution in [0.3, 0.4) is 0 Å². The van der Waals surface area contributed by atoms with Crippen molar-refractivity contribution in [3.8, 4) is 0 Å². The number of nitrogens with one attached hydrogen (secondary N) is 1. The Morgan fingerprint density at radius 1 is 1.47 bits per heavy atom. The van der Waals surface area contributed by atoms with Crippen LogP contribution in [0, 0.1) is 0 Å². The zero-order valence-electron chi connectivity index (χ0n) is 8.86. The van der Waals surface area contributed by atoms with E-state index < -0.39 is 0 Å². The van der Waals surface area contributed by atoms with E-state index in [0.717, 1.165) is 13.1 Å². The second-order valence-electron chi connectivity index (χ2n) is 4.17. The molecule has 4 heteroatoms. The Bertz CT molecular complexity index is 465. The lowest BCUT2D eigenvalue weighted by atomic mass is 9.95. The molecule has 0 unspecified atom stereocenters. The SMILES string of the molecule is Cn1nc(C2CCNCC2)c2sccc21. The molecule has 0 aromatic carbocycles. The van der Waals surface area contributed by atoms with Crippen molar-refractivity contribution in [2.75, 3.05) is 13.1 Å². The van der Waals surface area contributed by atoms with Crippen LogP contribution in [-0.4, -0.2) is 22.9 Å². The van der Waals surface area contributed by atoms with E-state index in [1.807, 2.05) is 23.1 Å². The van der Waals surface area contributed by atoms with Crippen molar-refractivity contribution in [3.63, 3.8) is 0 Å². The zero-order chi connectivity index (χ0) is 10.3. The largest absolute Gasteiger partial charge is 0.317 e. The minimum atomic E-state index is 0.661. The average Bonchev–Trinajstić information content (AvgIpc) is 2.84. The predicted octanol–water partition coefficient (Wildman–Crippen LogP) is 2.10. The summed E-state index contributed by atoms with van der Waals surface area (Å²) in [5, 5.41) is 10.2. The summed E-state index contributed by atoms with van der Waals surface area (Å²) in [6.07, 6.45) is 2.45. The third-order valence-electron chi connectivity index (χ3n) is 3.21. The molecule has 2 aromatic heterocycles. The van der Waals surface area contributed by atoms with Crippen molar-refractivity contribution >= 4 is 21.6 Å². The van der Waals surface area contributed by atoms with Crippen LogP contribution < -0.4 is 5.32 Å². The van der Waals surface area contributed by atoms with Gasteiger partial charge in [-0.05, 0) is 37.4 Å². The summed E-state index contributed by atoms with van der Waals surface area (Å²) in [7, 11) is 2.04. The van der Waals surface area contributed by atoms with Gasteiger partial charge in [-0.3, -0.25) is 4.68 Å². The molecule has 1 aliphatic rings. The maximum Gasteiger partial charge on any atom is 0.0834 e. The van der Waals surface area contributed by atoms with Gasteiger partial charge in [0.2, 0.25) is 0 Å². The molecule has 80 valence electrons. The van der Waals surface area contributed by atoms with Crippen LogP contribution in [0.4, 0.5) is 0 Å². The van der Waals surface area contributed by atoms with E-state index in [4.69, 9.17) is 0 Å². The van der Waals surface area contributed by atoms with E-state index in [2.05, 4.69) is 21.9 Å². The van der Waals surface area contributed by atoms with Gasteiger partial charge in [-0.1, -0.05) is 0 Å². The van der Waals surface area contributed by atoms with Crippen molar-refractivity contribution in [1.82, 2.24) is 15.1 Å². The minimum Gasteiger partial charge on any atom is -0.317 e. The van der Waals surface area contributed by atoms with Gasteiger partial charge in [-0.2, -0.15) is 5.10 Å². The zero-order valence-corrected chi connectivity index (χ0v) is 9.68. The second-order valence-corrected chi connectivity index (χ2v) is 5.08. The summed E-state index contributed by atoms with van der Waals surface area (Å²) < 4.78 is 3.41. The number of rotatable bonds is 1. The number of hydrogen-bond acceptors (Lipinski definition) is 3. The van der Waals surface area contributed by atoms with E-state index in [1.54, 1.807) is 0 Å². The predicted molar refractivity (Wildman–Crippen MR) is 63.4 cm³/mol. The Balaban J connectivity index is 2.05. The number of aromatic nitrogens is 2. The van der Waals surface area contributed by atoms with Crippen molar-refractivity contribution in [1.29, 1.82) is 0 Å². The van der Waals surface area contributed by atoms with Crippen molar-refractivity contribution < 1.29 is 0 Å². The molecule has 0 radical (unpaired) electrons. The summed E-state index contributed by atoms with van der Waals surface area (Å²) in [6, 6.07) is 2.16. The Labute approximate surface area is 93.1 Å². The molecule has 1 saturated heterocycles. The summed E-state index contributed by atoms with van der Waals surface area (Å²) >= 11 is 1.82. The van der Waals surface area contributed by atoms with Gasteiger partial charge in [0.25, 0.3) is 0 Å². The Kier molecular flexibility index (Phi) is 2.25. The molecule has 3 heterocycles. The number of aryl methyl sites for hydroxylation is 1. The van der Waals surface area contributed by atoms with Crippen molar-refractivity contribution in [2.45, 2.75) is 18.8 Å².